The van der Waals surface area contributed by atoms with Crippen LogP contribution < -0.4 is 10.6 Å². The summed E-state index contributed by atoms with van der Waals surface area (Å²) in [7, 11) is 0. The van der Waals surface area contributed by atoms with Crippen LogP contribution in [-0.4, -0.2) is 18.4 Å². The summed E-state index contributed by atoms with van der Waals surface area (Å²) in [6.45, 7) is 0.979. The molecule has 1 rings (SSSR count). The van der Waals surface area contributed by atoms with Crippen LogP contribution in [0.2, 0.25) is 0 Å². The van der Waals surface area contributed by atoms with Gasteiger partial charge in [-0.3, -0.25) is 10.6 Å². The lowest BCUT2D eigenvalue weighted by Crippen LogP contribution is -2.33. The largest absolute Gasteiger partial charge is 0.295 e. The van der Waals surface area contributed by atoms with E-state index in [-0.39, 0.29) is 0 Å². The molecule has 0 amide bonds. The Labute approximate surface area is 41.7 Å². The second-order valence-corrected chi connectivity index (χ2v) is 2.16. The summed E-state index contributed by atoms with van der Waals surface area (Å²) in [5.41, 5.74) is 0. The maximum absolute atomic E-state index is 3.14. The zero-order valence-electron chi connectivity index (χ0n) is 3.53. The van der Waals surface area contributed by atoms with Crippen molar-refractivity contribution in [2.24, 2.45) is 0 Å². The summed E-state index contributed by atoms with van der Waals surface area (Å²) in [6, 6.07) is 0. The van der Waals surface area contributed by atoms with Crippen molar-refractivity contribution < 1.29 is 0 Å². The van der Waals surface area contributed by atoms with Gasteiger partial charge >= 0.3 is 0 Å². The van der Waals surface area contributed by atoms with E-state index in [1.807, 2.05) is 11.8 Å². The van der Waals surface area contributed by atoms with Crippen LogP contribution in [-0.2, 0) is 0 Å². The van der Waals surface area contributed by atoms with Gasteiger partial charge in [-0.1, -0.05) is 0 Å². The highest BCUT2D eigenvalue weighted by Gasteiger charge is 1.91. The second kappa shape index (κ2) is 2.44. The predicted octanol–water partition coefficient (Wildman–Crippen LogP) is -0.215. The van der Waals surface area contributed by atoms with E-state index >= 15 is 0 Å². The second-order valence-electron chi connectivity index (χ2n) is 1.17. The SMILES string of the molecule is C1NCSCN1. The van der Waals surface area contributed by atoms with Gasteiger partial charge in [0.25, 0.3) is 0 Å². The minimum absolute atomic E-state index is 0.979. The van der Waals surface area contributed by atoms with E-state index in [0.29, 0.717) is 0 Å². The van der Waals surface area contributed by atoms with Gasteiger partial charge in [0, 0.05) is 18.4 Å². The van der Waals surface area contributed by atoms with Gasteiger partial charge in [0.2, 0.25) is 0 Å². The Bertz CT molecular complexity index is 24.3. The highest BCUT2D eigenvalue weighted by Crippen LogP contribution is 1.94. The summed E-state index contributed by atoms with van der Waals surface area (Å²) in [5, 5.41) is 6.27. The molecule has 0 bridgehead atoms. The van der Waals surface area contributed by atoms with Crippen molar-refractivity contribution in [3.63, 3.8) is 0 Å². The predicted molar refractivity (Wildman–Crippen MR) is 28.5 cm³/mol. The van der Waals surface area contributed by atoms with Crippen molar-refractivity contribution in [1.82, 2.24) is 10.6 Å². The quantitative estimate of drug-likeness (QED) is 0.444. The van der Waals surface area contributed by atoms with Crippen LogP contribution in [0.25, 0.3) is 0 Å². The van der Waals surface area contributed by atoms with Gasteiger partial charge in [0.15, 0.2) is 0 Å². The maximum Gasteiger partial charge on any atom is 0.0467 e. The normalized spacial score (nSPS) is 24.0. The maximum atomic E-state index is 3.14. The van der Waals surface area contributed by atoms with E-state index in [1.54, 1.807) is 0 Å². The van der Waals surface area contributed by atoms with Gasteiger partial charge < -0.3 is 0 Å². The van der Waals surface area contributed by atoms with Crippen LogP contribution >= 0.6 is 11.8 Å². The van der Waals surface area contributed by atoms with Crippen molar-refractivity contribution in [2.45, 2.75) is 0 Å². The first-order valence-corrected chi connectivity index (χ1v) is 3.15. The number of nitrogens with one attached hydrogen (secondary N) is 2. The molecule has 0 unspecified atom stereocenters. The molecule has 2 N–H and O–H groups in total. The van der Waals surface area contributed by atoms with Gasteiger partial charge in [-0.2, -0.15) is 0 Å². The molecule has 6 heavy (non-hydrogen) atoms. The molecule has 0 radical (unpaired) electrons. The molecule has 1 fully saturated rings. The number of rotatable bonds is 0. The fourth-order valence-electron chi connectivity index (χ4n) is 0.386. The van der Waals surface area contributed by atoms with Crippen LogP contribution in [0, 0.1) is 0 Å². The summed E-state index contributed by atoms with van der Waals surface area (Å²) in [4.78, 5) is 0. The van der Waals surface area contributed by atoms with Crippen LogP contribution in [0.4, 0.5) is 0 Å². The van der Waals surface area contributed by atoms with Gasteiger partial charge in [-0.25, -0.2) is 0 Å². The van der Waals surface area contributed by atoms with Crippen molar-refractivity contribution in [3.8, 4) is 0 Å². The smallest absolute Gasteiger partial charge is 0.0467 e. The van der Waals surface area contributed by atoms with E-state index < -0.39 is 0 Å². The molecule has 0 aromatic rings. The number of thioether (sulfide) groups is 1. The molecule has 3 heteroatoms. The summed E-state index contributed by atoms with van der Waals surface area (Å²) in [5.74, 6) is 2.21. The Balaban J connectivity index is 2.00. The van der Waals surface area contributed by atoms with Gasteiger partial charge in [-0.05, 0) is 0 Å². The molecule has 2 nitrogen and oxygen atoms in total. The van der Waals surface area contributed by atoms with Crippen LogP contribution in [0.5, 0.6) is 0 Å². The van der Waals surface area contributed by atoms with Gasteiger partial charge in [0.1, 0.15) is 0 Å². The van der Waals surface area contributed by atoms with Gasteiger partial charge in [0.05, 0.1) is 0 Å². The summed E-state index contributed by atoms with van der Waals surface area (Å²) < 4.78 is 0. The van der Waals surface area contributed by atoms with Gasteiger partial charge in [-0.15, -0.1) is 11.8 Å². The molecule has 0 aromatic carbocycles. The van der Waals surface area contributed by atoms with Crippen LogP contribution in [0.3, 0.4) is 0 Å². The third kappa shape index (κ3) is 1.16. The first-order chi connectivity index (χ1) is 3.00. The minimum Gasteiger partial charge on any atom is -0.295 e. The molecule has 1 aliphatic rings. The zero-order chi connectivity index (χ0) is 4.24. The molecule has 36 valence electrons. The fraction of sp³-hybridized carbons (Fsp3) is 1.00. The standard InChI is InChI=1S/C3H8N2S/c1-4-2-6-3-5-1/h4-5H,1-3H2. The van der Waals surface area contributed by atoms with Crippen molar-refractivity contribution in [3.05, 3.63) is 0 Å². The molecule has 1 saturated heterocycles. The Kier molecular flexibility index (Phi) is 1.80. The first-order valence-electron chi connectivity index (χ1n) is 1.99. The Morgan fingerprint density at radius 3 is 2.00 bits per heavy atom. The van der Waals surface area contributed by atoms with Crippen molar-refractivity contribution in [1.29, 1.82) is 0 Å². The lowest BCUT2D eigenvalue weighted by Gasteiger charge is -2.10. The summed E-state index contributed by atoms with van der Waals surface area (Å²) in [6.07, 6.45) is 0. The number of hydrogen-bond donors (Lipinski definition) is 2. The number of hydrogen-bond acceptors (Lipinski definition) is 3. The Morgan fingerprint density at radius 2 is 1.83 bits per heavy atom. The van der Waals surface area contributed by atoms with E-state index in [2.05, 4.69) is 10.6 Å². The Morgan fingerprint density at radius 1 is 1.17 bits per heavy atom. The van der Waals surface area contributed by atoms with Crippen LogP contribution in [0.15, 0.2) is 0 Å². The topological polar surface area (TPSA) is 24.1 Å². The highest BCUT2D eigenvalue weighted by molar-refractivity contribution is 7.99. The third-order valence-electron chi connectivity index (χ3n) is 0.658. The average Bonchev–Trinajstić information content (AvgIpc) is 1.72. The minimum atomic E-state index is 0.979. The Hall–Kier alpha value is 0.270. The fourth-order valence-corrected chi connectivity index (χ4v) is 0.981. The van der Waals surface area contributed by atoms with Crippen LogP contribution in [0.1, 0.15) is 0 Å². The molecule has 0 aliphatic carbocycles. The molecular formula is C3H8N2S. The lowest BCUT2D eigenvalue weighted by molar-refractivity contribution is 0.663. The zero-order valence-corrected chi connectivity index (χ0v) is 4.35. The van der Waals surface area contributed by atoms with Crippen molar-refractivity contribution >= 4 is 11.8 Å². The lowest BCUT2D eigenvalue weighted by atomic mass is 11.0. The third-order valence-corrected chi connectivity index (χ3v) is 1.47. The molecule has 0 atom stereocenters. The first kappa shape index (κ1) is 4.43. The monoisotopic (exact) mass is 104 g/mol. The van der Waals surface area contributed by atoms with E-state index in [1.165, 1.54) is 0 Å². The highest BCUT2D eigenvalue weighted by atomic mass is 32.2. The molecule has 0 aromatic heterocycles. The molecule has 0 spiro atoms. The molecule has 1 aliphatic heterocycles. The molecular weight excluding hydrogens is 96.1 g/mol. The van der Waals surface area contributed by atoms with E-state index in [4.69, 9.17) is 0 Å². The van der Waals surface area contributed by atoms with Crippen molar-refractivity contribution in [2.75, 3.05) is 18.4 Å². The van der Waals surface area contributed by atoms with E-state index in [9.17, 15) is 0 Å². The molecule has 0 saturated carbocycles. The van der Waals surface area contributed by atoms with E-state index in [0.717, 1.165) is 18.4 Å². The average molecular weight is 104 g/mol. The summed E-state index contributed by atoms with van der Waals surface area (Å²) >= 11 is 1.87. The molecule has 1 heterocycles.